The lowest BCUT2D eigenvalue weighted by molar-refractivity contribution is -0.137. The van der Waals surface area contributed by atoms with Gasteiger partial charge in [-0.25, -0.2) is 4.79 Å². The lowest BCUT2D eigenvalue weighted by Gasteiger charge is -2.45. The molecule has 40 heavy (non-hydrogen) atoms. The number of rotatable bonds is 7. The Hall–Kier alpha value is -1.62. The van der Waals surface area contributed by atoms with Crippen LogP contribution < -0.4 is 10.1 Å². The van der Waals surface area contributed by atoms with E-state index < -0.39 is 22.7 Å². The fourth-order valence-corrected chi connectivity index (χ4v) is 7.50. The second-order valence-corrected chi connectivity index (χ2v) is 25.1. The fraction of sp³-hybridized carbons (Fsp3) is 0.719. The molecule has 2 aliphatic carbocycles. The summed E-state index contributed by atoms with van der Waals surface area (Å²) in [6.45, 7) is 28.9. The minimum absolute atomic E-state index is 0.00189. The summed E-state index contributed by atoms with van der Waals surface area (Å²) in [5.74, 6) is 0.374. The van der Waals surface area contributed by atoms with E-state index in [1.165, 1.54) is 18.2 Å². The third-order valence-corrected chi connectivity index (χ3v) is 18.2. The highest BCUT2D eigenvalue weighted by molar-refractivity contribution is 6.74. The van der Waals surface area contributed by atoms with Gasteiger partial charge in [-0.05, 0) is 99.1 Å². The molecule has 0 unspecified atom stereocenters. The van der Waals surface area contributed by atoms with Crippen molar-refractivity contribution >= 4 is 28.3 Å². The molecule has 226 valence electrons. The normalized spacial score (nSPS) is 20.0. The van der Waals surface area contributed by atoms with Gasteiger partial charge >= 0.3 is 5.97 Å². The summed E-state index contributed by atoms with van der Waals surface area (Å²) in [4.78, 5) is 13.5. The van der Waals surface area contributed by atoms with Crippen molar-refractivity contribution < 1.29 is 23.1 Å². The fourth-order valence-electron chi connectivity index (χ4n) is 5.14. The Balaban J connectivity index is 2.45. The summed E-state index contributed by atoms with van der Waals surface area (Å²) in [6.07, 6.45) is 4.03. The molecule has 0 amide bonds. The Morgan fingerprint density at radius 2 is 1.35 bits per heavy atom. The van der Waals surface area contributed by atoms with Gasteiger partial charge in [-0.15, -0.1) is 0 Å². The van der Waals surface area contributed by atoms with Crippen LogP contribution in [0.25, 0.3) is 0 Å². The maximum atomic E-state index is 13.5. The number of hydrogen-bond donors (Lipinski definition) is 1. The molecular formula is C32H55NO5Si2. The average Bonchev–Trinajstić information content (AvgIpc) is 3.27. The molecule has 6 nitrogen and oxygen atoms in total. The third kappa shape index (κ3) is 6.25. The van der Waals surface area contributed by atoms with Crippen LogP contribution in [0.5, 0.6) is 5.75 Å². The zero-order valence-electron chi connectivity index (χ0n) is 27.9. The first kappa shape index (κ1) is 32.9. The van der Waals surface area contributed by atoms with E-state index in [1.54, 1.807) is 7.11 Å². The molecule has 1 N–H and O–H groups in total. The van der Waals surface area contributed by atoms with E-state index >= 15 is 0 Å². The number of hydrogen-bond acceptors (Lipinski definition) is 6. The van der Waals surface area contributed by atoms with Gasteiger partial charge in [-0.2, -0.15) is 0 Å². The second kappa shape index (κ2) is 10.9. The lowest BCUT2D eigenvalue weighted by Crippen LogP contribution is -2.45. The molecule has 0 saturated heterocycles. The van der Waals surface area contributed by atoms with Crippen LogP contribution in [0.15, 0.2) is 11.6 Å². The van der Waals surface area contributed by atoms with Crippen LogP contribution >= 0.6 is 0 Å². The van der Waals surface area contributed by atoms with E-state index in [1.807, 2.05) is 6.08 Å². The van der Waals surface area contributed by atoms with Crippen molar-refractivity contribution in [2.24, 2.45) is 0 Å². The number of carbonyl (C=O) groups is 1. The molecule has 3 rings (SSSR count). The maximum absolute atomic E-state index is 13.5. The summed E-state index contributed by atoms with van der Waals surface area (Å²) in [5.41, 5.74) is 6.01. The van der Waals surface area contributed by atoms with Crippen molar-refractivity contribution in [2.45, 2.75) is 136 Å². The highest BCUT2D eigenvalue weighted by Crippen LogP contribution is 2.56. The summed E-state index contributed by atoms with van der Waals surface area (Å²) >= 11 is 0. The highest BCUT2D eigenvalue weighted by Gasteiger charge is 2.48. The largest absolute Gasteiger partial charge is 0.494 e. The molecule has 0 spiro atoms. The Morgan fingerprint density at radius 3 is 1.82 bits per heavy atom. The minimum Gasteiger partial charge on any atom is -0.494 e. The Morgan fingerprint density at radius 1 is 0.825 bits per heavy atom. The van der Waals surface area contributed by atoms with E-state index in [-0.39, 0.29) is 27.7 Å². The van der Waals surface area contributed by atoms with Crippen LogP contribution in [-0.4, -0.2) is 42.4 Å². The van der Waals surface area contributed by atoms with Gasteiger partial charge in [0.25, 0.3) is 0 Å². The molecule has 0 saturated carbocycles. The van der Waals surface area contributed by atoms with E-state index in [0.29, 0.717) is 5.57 Å². The molecular weight excluding hydrogens is 535 g/mol. The molecule has 0 aromatic heterocycles. The van der Waals surface area contributed by atoms with E-state index in [0.717, 1.165) is 41.8 Å². The third-order valence-electron chi connectivity index (χ3n) is 9.34. The lowest BCUT2D eigenvalue weighted by atomic mass is 9.81. The number of esters is 1. The van der Waals surface area contributed by atoms with Gasteiger partial charge in [0.05, 0.1) is 31.6 Å². The predicted octanol–water partition coefficient (Wildman–Crippen LogP) is 8.63. The summed E-state index contributed by atoms with van der Waals surface area (Å²) in [7, 11) is -1.40. The topological polar surface area (TPSA) is 66.0 Å². The van der Waals surface area contributed by atoms with Crippen molar-refractivity contribution in [2.75, 3.05) is 19.5 Å². The predicted molar refractivity (Wildman–Crippen MR) is 171 cm³/mol. The number of ether oxygens (including phenoxy) is 2. The quantitative estimate of drug-likeness (QED) is 0.254. The minimum atomic E-state index is -2.34. The summed E-state index contributed by atoms with van der Waals surface area (Å²) in [6, 6.07) is 0. The van der Waals surface area contributed by atoms with Crippen LogP contribution in [0.4, 0.5) is 5.69 Å². The van der Waals surface area contributed by atoms with Crippen LogP contribution in [0.2, 0.25) is 36.3 Å². The molecule has 0 bridgehead atoms. The number of methoxy groups -OCH3 is 2. The summed E-state index contributed by atoms with van der Waals surface area (Å²) < 4.78 is 26.0. The van der Waals surface area contributed by atoms with Crippen LogP contribution in [0.1, 0.15) is 103 Å². The number of benzene rings is 1. The van der Waals surface area contributed by atoms with Gasteiger partial charge in [0, 0.05) is 11.1 Å². The standard InChI is InChI=1S/C32H55NO5Si2/c1-30(2,3)33-26-21-18-16-17-20(21)24-23(37-39(12,13)31(4,5)6)19-22(29(34)36-11)27(25(24)28(26)35-10)38-40(14,15)32(7,8)9/h19,23,27,33H,16-18H2,1-15H3/t23-,27+/m0/s1. The van der Waals surface area contributed by atoms with Gasteiger partial charge in [0.2, 0.25) is 0 Å². The maximum Gasteiger partial charge on any atom is 0.336 e. The molecule has 2 aliphatic rings. The first-order chi connectivity index (χ1) is 18.1. The number of nitrogens with one attached hydrogen (secondary N) is 1. The van der Waals surface area contributed by atoms with Gasteiger partial charge < -0.3 is 23.6 Å². The highest BCUT2D eigenvalue weighted by atomic mass is 28.4. The molecule has 0 heterocycles. The van der Waals surface area contributed by atoms with Crippen molar-refractivity contribution in [1.29, 1.82) is 0 Å². The summed E-state index contributed by atoms with van der Waals surface area (Å²) in [5, 5.41) is 3.72. The van der Waals surface area contributed by atoms with Gasteiger partial charge in [0.1, 0.15) is 11.9 Å². The van der Waals surface area contributed by atoms with Crippen molar-refractivity contribution in [3.63, 3.8) is 0 Å². The van der Waals surface area contributed by atoms with E-state index in [9.17, 15) is 4.79 Å². The smallest absolute Gasteiger partial charge is 0.336 e. The number of fused-ring (bicyclic) bond motifs is 3. The number of carbonyl (C=O) groups excluding carboxylic acids is 1. The molecule has 0 fully saturated rings. The van der Waals surface area contributed by atoms with E-state index in [4.69, 9.17) is 18.3 Å². The van der Waals surface area contributed by atoms with Crippen molar-refractivity contribution in [1.82, 2.24) is 0 Å². The first-order valence-electron chi connectivity index (χ1n) is 14.8. The molecule has 0 radical (unpaired) electrons. The zero-order chi connectivity index (χ0) is 30.6. The first-order valence-corrected chi connectivity index (χ1v) is 20.6. The van der Waals surface area contributed by atoms with Crippen LogP contribution in [-0.2, 0) is 31.2 Å². The number of anilines is 1. The SMILES string of the molecule is COC(=O)C1=C[C@H](O[Si](C)(C)C(C)(C)C)c2c3c(c(NC(C)(C)C)c(OC)c2[C@@H]1O[Si](C)(C)C(C)(C)C)CCC3. The Kier molecular flexibility index (Phi) is 8.96. The van der Waals surface area contributed by atoms with E-state index in [2.05, 4.69) is 93.8 Å². The monoisotopic (exact) mass is 589 g/mol. The second-order valence-electron chi connectivity index (χ2n) is 15.6. The van der Waals surface area contributed by atoms with Crippen molar-refractivity contribution in [3.05, 3.63) is 33.9 Å². The molecule has 1 aromatic rings. The molecule has 0 aliphatic heterocycles. The Labute approximate surface area is 245 Å². The zero-order valence-corrected chi connectivity index (χ0v) is 29.9. The van der Waals surface area contributed by atoms with Crippen molar-refractivity contribution in [3.8, 4) is 5.75 Å². The van der Waals surface area contributed by atoms with Gasteiger partial charge in [0.15, 0.2) is 16.6 Å². The van der Waals surface area contributed by atoms with Gasteiger partial charge in [-0.1, -0.05) is 41.5 Å². The molecule has 2 atom stereocenters. The van der Waals surface area contributed by atoms with Crippen LogP contribution in [0, 0.1) is 0 Å². The Bertz CT molecular complexity index is 1170. The average molecular weight is 590 g/mol. The van der Waals surface area contributed by atoms with Crippen LogP contribution in [0.3, 0.4) is 0 Å². The molecule has 8 heteroatoms. The van der Waals surface area contributed by atoms with Gasteiger partial charge in [-0.3, -0.25) is 0 Å². The molecule has 1 aromatic carbocycles.